The van der Waals surface area contributed by atoms with Crippen LogP contribution >= 0.6 is 0 Å². The van der Waals surface area contributed by atoms with Crippen molar-refractivity contribution in [1.29, 1.82) is 0 Å². The van der Waals surface area contributed by atoms with E-state index in [9.17, 15) is 14.4 Å². The minimum atomic E-state index is -1.15. The molecule has 3 amide bonds. The summed E-state index contributed by atoms with van der Waals surface area (Å²) < 4.78 is 0. The van der Waals surface area contributed by atoms with E-state index in [1.54, 1.807) is 24.5 Å². The first-order valence-electron chi connectivity index (χ1n) is 11.6. The summed E-state index contributed by atoms with van der Waals surface area (Å²) >= 11 is 0. The highest BCUT2D eigenvalue weighted by Crippen LogP contribution is 2.42. The Morgan fingerprint density at radius 3 is 2.59 bits per heavy atom. The average molecular weight is 434 g/mol. The second-order valence-electron chi connectivity index (χ2n) is 9.04. The minimum absolute atomic E-state index is 0.0216. The van der Waals surface area contributed by atoms with Gasteiger partial charge in [0.05, 0.1) is 12.0 Å². The number of aryl methyl sites for hydroxylation is 1. The Bertz CT molecular complexity index is 1010. The van der Waals surface area contributed by atoms with Crippen LogP contribution in [-0.2, 0) is 26.3 Å². The number of amides is 3. The Hall–Kier alpha value is -3.02. The van der Waals surface area contributed by atoms with Gasteiger partial charge in [-0.05, 0) is 61.4 Å². The molecule has 0 spiro atoms. The SMILES string of the molecule is CCC1CCCCN1C(=O)CC1(c2ccccc2C)CC(=O)N(Cc2ccncc2)C1=O. The maximum absolute atomic E-state index is 13.9. The topological polar surface area (TPSA) is 70.6 Å². The zero-order valence-corrected chi connectivity index (χ0v) is 18.9. The highest BCUT2D eigenvalue weighted by atomic mass is 16.2. The monoisotopic (exact) mass is 433 g/mol. The van der Waals surface area contributed by atoms with E-state index < -0.39 is 5.41 Å². The summed E-state index contributed by atoms with van der Waals surface area (Å²) in [6.45, 7) is 4.97. The van der Waals surface area contributed by atoms with Gasteiger partial charge >= 0.3 is 0 Å². The number of imide groups is 1. The van der Waals surface area contributed by atoms with Gasteiger partial charge in [0, 0.05) is 37.8 Å². The highest BCUT2D eigenvalue weighted by Gasteiger charge is 2.54. The van der Waals surface area contributed by atoms with Crippen molar-refractivity contribution in [3.05, 3.63) is 65.5 Å². The summed E-state index contributed by atoms with van der Waals surface area (Å²) in [4.78, 5) is 47.9. The molecule has 2 atom stereocenters. The zero-order valence-electron chi connectivity index (χ0n) is 18.9. The highest BCUT2D eigenvalue weighted by molar-refractivity contribution is 6.10. The van der Waals surface area contributed by atoms with Gasteiger partial charge in [0.15, 0.2) is 0 Å². The smallest absolute Gasteiger partial charge is 0.241 e. The predicted molar refractivity (Wildman–Crippen MR) is 122 cm³/mol. The molecule has 2 saturated heterocycles. The summed E-state index contributed by atoms with van der Waals surface area (Å²) in [6, 6.07) is 11.5. The van der Waals surface area contributed by atoms with Crippen LogP contribution < -0.4 is 0 Å². The van der Waals surface area contributed by atoms with Crippen LogP contribution in [0, 0.1) is 6.92 Å². The molecular formula is C26H31N3O3. The Morgan fingerprint density at radius 1 is 1.12 bits per heavy atom. The number of carbonyl (C=O) groups excluding carboxylic acids is 3. The van der Waals surface area contributed by atoms with E-state index >= 15 is 0 Å². The molecule has 6 nitrogen and oxygen atoms in total. The molecule has 0 bridgehead atoms. The van der Waals surface area contributed by atoms with Crippen LogP contribution in [0.4, 0.5) is 0 Å². The third kappa shape index (κ3) is 4.06. The van der Waals surface area contributed by atoms with E-state index in [1.165, 1.54) is 4.90 Å². The van der Waals surface area contributed by atoms with Crippen molar-refractivity contribution in [3.63, 3.8) is 0 Å². The van der Waals surface area contributed by atoms with Crippen molar-refractivity contribution in [2.75, 3.05) is 6.54 Å². The fourth-order valence-electron chi connectivity index (χ4n) is 5.30. The number of hydrogen-bond acceptors (Lipinski definition) is 4. The molecule has 2 aliphatic heterocycles. The Labute approximate surface area is 189 Å². The second kappa shape index (κ2) is 9.23. The molecule has 2 aliphatic rings. The van der Waals surface area contributed by atoms with Crippen molar-refractivity contribution in [2.24, 2.45) is 0 Å². The van der Waals surface area contributed by atoms with Gasteiger partial charge in [-0.3, -0.25) is 24.3 Å². The van der Waals surface area contributed by atoms with Gasteiger partial charge in [-0.1, -0.05) is 31.2 Å². The third-order valence-corrected chi connectivity index (χ3v) is 7.03. The van der Waals surface area contributed by atoms with E-state index in [0.717, 1.165) is 48.9 Å². The average Bonchev–Trinajstić information content (AvgIpc) is 3.04. The lowest BCUT2D eigenvalue weighted by molar-refractivity contribution is -0.144. The minimum Gasteiger partial charge on any atom is -0.340 e. The number of aromatic nitrogens is 1. The molecule has 168 valence electrons. The summed E-state index contributed by atoms with van der Waals surface area (Å²) in [7, 11) is 0. The molecule has 1 aromatic heterocycles. The molecule has 1 aromatic carbocycles. The first-order chi connectivity index (χ1) is 15.5. The summed E-state index contributed by atoms with van der Waals surface area (Å²) in [5, 5.41) is 0. The second-order valence-corrected chi connectivity index (χ2v) is 9.04. The predicted octanol–water partition coefficient (Wildman–Crippen LogP) is 3.77. The van der Waals surface area contributed by atoms with E-state index in [0.29, 0.717) is 0 Å². The van der Waals surface area contributed by atoms with E-state index in [4.69, 9.17) is 0 Å². The van der Waals surface area contributed by atoms with Crippen LogP contribution in [0.3, 0.4) is 0 Å². The van der Waals surface area contributed by atoms with Crippen molar-refractivity contribution in [2.45, 2.75) is 70.4 Å². The van der Waals surface area contributed by atoms with Crippen LogP contribution in [0.5, 0.6) is 0 Å². The van der Waals surface area contributed by atoms with Crippen molar-refractivity contribution in [1.82, 2.24) is 14.8 Å². The maximum Gasteiger partial charge on any atom is 0.241 e. The molecule has 0 aliphatic carbocycles. The van der Waals surface area contributed by atoms with Gasteiger partial charge in [-0.25, -0.2) is 0 Å². The molecule has 6 heteroatoms. The molecule has 2 fully saturated rings. The largest absolute Gasteiger partial charge is 0.340 e. The van der Waals surface area contributed by atoms with Crippen LogP contribution in [0.15, 0.2) is 48.8 Å². The zero-order chi connectivity index (χ0) is 22.7. The summed E-state index contributed by atoms with van der Waals surface area (Å²) in [5.41, 5.74) is 1.41. The maximum atomic E-state index is 13.9. The third-order valence-electron chi connectivity index (χ3n) is 7.03. The van der Waals surface area contributed by atoms with Gasteiger partial charge in [0.2, 0.25) is 17.7 Å². The van der Waals surface area contributed by atoms with Crippen molar-refractivity contribution in [3.8, 4) is 0 Å². The quantitative estimate of drug-likeness (QED) is 0.650. The molecule has 32 heavy (non-hydrogen) atoms. The van der Waals surface area contributed by atoms with Crippen LogP contribution in [0.25, 0.3) is 0 Å². The Kier molecular flexibility index (Phi) is 6.40. The van der Waals surface area contributed by atoms with Gasteiger partial charge in [0.25, 0.3) is 0 Å². The van der Waals surface area contributed by atoms with E-state index in [-0.39, 0.29) is 43.1 Å². The summed E-state index contributed by atoms with van der Waals surface area (Å²) in [5.74, 6) is -0.521. The Balaban J connectivity index is 1.69. The number of nitrogens with zero attached hydrogens (tertiary/aromatic N) is 3. The van der Waals surface area contributed by atoms with Gasteiger partial charge < -0.3 is 4.90 Å². The number of pyridine rings is 1. The first-order valence-corrected chi connectivity index (χ1v) is 11.6. The number of benzene rings is 1. The molecule has 4 rings (SSSR count). The van der Waals surface area contributed by atoms with Crippen molar-refractivity contribution < 1.29 is 14.4 Å². The van der Waals surface area contributed by atoms with Crippen molar-refractivity contribution >= 4 is 17.7 Å². The van der Waals surface area contributed by atoms with Gasteiger partial charge in [0.1, 0.15) is 0 Å². The lowest BCUT2D eigenvalue weighted by atomic mass is 9.73. The molecule has 0 N–H and O–H groups in total. The van der Waals surface area contributed by atoms with E-state index in [1.807, 2.05) is 36.1 Å². The number of piperidine rings is 1. The van der Waals surface area contributed by atoms with Crippen LogP contribution in [-0.4, -0.2) is 45.1 Å². The van der Waals surface area contributed by atoms with E-state index in [2.05, 4.69) is 11.9 Å². The molecular weight excluding hydrogens is 402 g/mol. The number of hydrogen-bond donors (Lipinski definition) is 0. The molecule has 0 radical (unpaired) electrons. The van der Waals surface area contributed by atoms with Gasteiger partial charge in [-0.15, -0.1) is 0 Å². The summed E-state index contributed by atoms with van der Waals surface area (Å²) in [6.07, 6.45) is 7.39. The number of carbonyl (C=O) groups is 3. The standard InChI is InChI=1S/C26H31N3O3/c1-3-21-9-6-7-15-28(21)23(30)16-26(22-10-5-4-8-19(22)2)17-24(31)29(25(26)32)18-20-11-13-27-14-12-20/h4-5,8,10-14,21H,3,6-7,9,15-18H2,1-2H3. The molecule has 0 saturated carbocycles. The molecule has 2 aromatic rings. The molecule has 3 heterocycles. The lowest BCUT2D eigenvalue weighted by Gasteiger charge is -2.38. The fourth-order valence-corrected chi connectivity index (χ4v) is 5.30. The van der Waals surface area contributed by atoms with Crippen LogP contribution in [0.2, 0.25) is 0 Å². The van der Waals surface area contributed by atoms with Crippen LogP contribution in [0.1, 0.15) is 62.1 Å². The number of rotatable bonds is 6. The Morgan fingerprint density at radius 2 is 1.88 bits per heavy atom. The first kappa shape index (κ1) is 22.2. The normalized spacial score (nSPS) is 23.6. The molecule has 2 unspecified atom stereocenters. The fraction of sp³-hybridized carbons (Fsp3) is 0.462. The number of likely N-dealkylation sites (tertiary alicyclic amines) is 2. The lowest BCUT2D eigenvalue weighted by Crippen LogP contribution is -2.48. The van der Waals surface area contributed by atoms with Gasteiger partial charge in [-0.2, -0.15) is 0 Å².